The van der Waals surface area contributed by atoms with Crippen LogP contribution in [0.25, 0.3) is 26.8 Å². The van der Waals surface area contributed by atoms with E-state index in [0.29, 0.717) is 12.6 Å². The third-order valence-electron chi connectivity index (χ3n) is 7.16. The molecule has 10 heteroatoms. The van der Waals surface area contributed by atoms with Gasteiger partial charge in [-0.1, -0.05) is 6.08 Å². The number of aromatic nitrogens is 4. The van der Waals surface area contributed by atoms with Gasteiger partial charge in [-0.15, -0.1) is 11.3 Å². The van der Waals surface area contributed by atoms with Crippen molar-refractivity contribution in [1.82, 2.24) is 34.6 Å². The van der Waals surface area contributed by atoms with Gasteiger partial charge in [-0.3, -0.25) is 4.90 Å². The number of piperazine rings is 1. The van der Waals surface area contributed by atoms with E-state index >= 15 is 0 Å². The smallest absolute Gasteiger partial charge is 0.320 e. The number of rotatable bonds is 4. The molecule has 1 aromatic carbocycles. The van der Waals surface area contributed by atoms with E-state index in [1.165, 1.54) is 5.57 Å². The minimum absolute atomic E-state index is 0.153. The van der Waals surface area contributed by atoms with E-state index in [1.54, 1.807) is 17.7 Å². The van der Waals surface area contributed by atoms with Crippen molar-refractivity contribution >= 4 is 55.7 Å². The van der Waals surface area contributed by atoms with Gasteiger partial charge in [0, 0.05) is 56.7 Å². The van der Waals surface area contributed by atoms with Gasteiger partial charge in [0.15, 0.2) is 0 Å². The maximum absolute atomic E-state index is 13.1. The van der Waals surface area contributed by atoms with Crippen LogP contribution in [0.1, 0.15) is 26.0 Å². The summed E-state index contributed by atoms with van der Waals surface area (Å²) in [6.07, 6.45) is 4.54. The fourth-order valence-corrected chi connectivity index (χ4v) is 5.72. The van der Waals surface area contributed by atoms with Crippen LogP contribution in [-0.4, -0.2) is 86.0 Å². The lowest BCUT2D eigenvalue weighted by molar-refractivity contribution is 0.101. The van der Waals surface area contributed by atoms with Crippen LogP contribution >= 0.6 is 11.3 Å². The Kier molecular flexibility index (Phi) is 6.06. The molecule has 0 radical (unpaired) electrons. The van der Waals surface area contributed by atoms with Gasteiger partial charge in [-0.05, 0) is 50.1 Å². The third kappa shape index (κ3) is 4.42. The molecule has 5 heterocycles. The Labute approximate surface area is 213 Å². The zero-order valence-corrected chi connectivity index (χ0v) is 21.4. The number of carbonyl (C=O) groups excluding carboxylic acids is 1. The number of hydrogen-bond donors (Lipinski definition) is 2. The minimum Gasteiger partial charge on any atom is -0.340 e. The van der Waals surface area contributed by atoms with Gasteiger partial charge in [0.2, 0.25) is 0 Å². The minimum atomic E-state index is 0.153. The highest BCUT2D eigenvalue weighted by Gasteiger charge is 2.27. The summed E-state index contributed by atoms with van der Waals surface area (Å²) < 4.78 is 1.13. The predicted molar refractivity (Wildman–Crippen MR) is 145 cm³/mol. The van der Waals surface area contributed by atoms with Gasteiger partial charge in [0.1, 0.15) is 17.8 Å². The molecule has 2 N–H and O–H groups in total. The highest BCUT2D eigenvalue weighted by Crippen LogP contribution is 2.30. The summed E-state index contributed by atoms with van der Waals surface area (Å²) in [7, 11) is 0. The normalized spacial score (nSPS) is 17.2. The number of urea groups is 1. The Bertz CT molecular complexity index is 1430. The third-order valence-corrected chi connectivity index (χ3v) is 7.95. The molecule has 6 rings (SSSR count). The lowest BCUT2D eigenvalue weighted by Gasteiger charge is -2.39. The number of thiazole rings is 1. The molecule has 2 aliphatic heterocycles. The van der Waals surface area contributed by atoms with Crippen LogP contribution in [0.15, 0.2) is 42.2 Å². The number of anilines is 2. The second kappa shape index (κ2) is 9.51. The number of nitrogens with one attached hydrogen (secondary N) is 2. The molecule has 0 unspecified atom stereocenters. The van der Waals surface area contributed by atoms with Crippen molar-refractivity contribution < 1.29 is 4.79 Å². The van der Waals surface area contributed by atoms with Gasteiger partial charge in [-0.25, -0.2) is 19.7 Å². The first-order valence-electron chi connectivity index (χ1n) is 12.5. The van der Waals surface area contributed by atoms with Crippen LogP contribution in [0, 0.1) is 0 Å². The number of nitrogens with zero attached hydrogens (tertiary/aromatic N) is 6. The van der Waals surface area contributed by atoms with Crippen LogP contribution in [0.4, 0.5) is 16.3 Å². The highest BCUT2D eigenvalue weighted by molar-refractivity contribution is 7.16. The monoisotopic (exact) mass is 502 g/mol. The summed E-state index contributed by atoms with van der Waals surface area (Å²) in [4.78, 5) is 36.2. The van der Waals surface area contributed by atoms with Gasteiger partial charge in [0.25, 0.3) is 0 Å². The molecule has 1 fully saturated rings. The molecule has 36 heavy (non-hydrogen) atoms. The molecule has 3 aromatic heterocycles. The maximum Gasteiger partial charge on any atom is 0.320 e. The Morgan fingerprint density at radius 3 is 2.69 bits per heavy atom. The first kappa shape index (κ1) is 22.9. The second-order valence-electron chi connectivity index (χ2n) is 9.65. The molecule has 0 saturated carbocycles. The fraction of sp³-hybridized carbons (Fsp3) is 0.385. The quantitative estimate of drug-likeness (QED) is 0.425. The zero-order chi connectivity index (χ0) is 24.6. The molecule has 2 amide bonds. The van der Waals surface area contributed by atoms with Crippen molar-refractivity contribution in [2.75, 3.05) is 44.6 Å². The van der Waals surface area contributed by atoms with E-state index in [-0.39, 0.29) is 6.03 Å². The molecule has 0 spiro atoms. The molecule has 186 valence electrons. The van der Waals surface area contributed by atoms with E-state index in [0.717, 1.165) is 77.6 Å². The highest BCUT2D eigenvalue weighted by atomic mass is 32.1. The average molecular weight is 503 g/mol. The Morgan fingerprint density at radius 2 is 1.92 bits per heavy atom. The standard InChI is InChI=1S/C26H30N8OS/c1-17(2)32-9-11-34(12-10-32)26(35)33-7-5-18(6-8-33)22-14-20-24(27-15-28-25(20)31-22)30-19-3-4-21-23(13-19)36-16-29-21/h3-5,13-17H,6-12H2,1-2H3,(H2,27,28,30,31). The number of H-pyrrole nitrogens is 1. The summed E-state index contributed by atoms with van der Waals surface area (Å²) in [5.74, 6) is 0.764. The van der Waals surface area contributed by atoms with Crippen molar-refractivity contribution in [3.05, 3.63) is 47.9 Å². The van der Waals surface area contributed by atoms with E-state index in [9.17, 15) is 4.79 Å². The lowest BCUT2D eigenvalue weighted by Crippen LogP contribution is -2.54. The molecular formula is C26H30N8OS. The van der Waals surface area contributed by atoms with E-state index in [2.05, 4.69) is 62.2 Å². The maximum atomic E-state index is 13.1. The molecular weight excluding hydrogens is 472 g/mol. The zero-order valence-electron chi connectivity index (χ0n) is 20.6. The lowest BCUT2D eigenvalue weighted by atomic mass is 10.0. The van der Waals surface area contributed by atoms with Gasteiger partial charge >= 0.3 is 6.03 Å². The summed E-state index contributed by atoms with van der Waals surface area (Å²) in [6, 6.07) is 8.91. The summed E-state index contributed by atoms with van der Waals surface area (Å²) in [5, 5.41) is 4.38. The SMILES string of the molecule is CC(C)N1CCN(C(=O)N2CC=C(c3cc4c(Nc5ccc6ncsc6c5)ncnc4[nH]3)CC2)CC1. The van der Waals surface area contributed by atoms with Gasteiger partial charge < -0.3 is 20.1 Å². The van der Waals surface area contributed by atoms with Gasteiger partial charge in [-0.2, -0.15) is 0 Å². The van der Waals surface area contributed by atoms with Crippen molar-refractivity contribution in [3.8, 4) is 0 Å². The van der Waals surface area contributed by atoms with Crippen LogP contribution in [0.3, 0.4) is 0 Å². The Balaban J connectivity index is 1.15. The van der Waals surface area contributed by atoms with Crippen LogP contribution in [0.5, 0.6) is 0 Å². The average Bonchev–Trinajstić information content (AvgIpc) is 3.56. The molecule has 1 saturated heterocycles. The number of hydrogen-bond acceptors (Lipinski definition) is 7. The summed E-state index contributed by atoms with van der Waals surface area (Å²) in [6.45, 7) is 9.27. The van der Waals surface area contributed by atoms with Crippen molar-refractivity contribution in [3.63, 3.8) is 0 Å². The number of fused-ring (bicyclic) bond motifs is 2. The second-order valence-corrected chi connectivity index (χ2v) is 10.5. The fourth-order valence-electron chi connectivity index (χ4n) is 5.00. The number of aromatic amines is 1. The topological polar surface area (TPSA) is 93.3 Å². The predicted octanol–water partition coefficient (Wildman–Crippen LogP) is 4.55. The van der Waals surface area contributed by atoms with Crippen LogP contribution < -0.4 is 5.32 Å². The molecule has 0 aliphatic carbocycles. The van der Waals surface area contributed by atoms with E-state index < -0.39 is 0 Å². The van der Waals surface area contributed by atoms with E-state index in [4.69, 9.17) is 0 Å². The van der Waals surface area contributed by atoms with Crippen molar-refractivity contribution in [2.24, 2.45) is 0 Å². The molecule has 4 aromatic rings. The molecule has 9 nitrogen and oxygen atoms in total. The van der Waals surface area contributed by atoms with Crippen LogP contribution in [0.2, 0.25) is 0 Å². The largest absolute Gasteiger partial charge is 0.340 e. The van der Waals surface area contributed by atoms with Gasteiger partial charge in [0.05, 0.1) is 21.1 Å². The number of amides is 2. The van der Waals surface area contributed by atoms with E-state index in [1.807, 2.05) is 27.4 Å². The summed E-state index contributed by atoms with van der Waals surface area (Å²) >= 11 is 1.62. The number of benzene rings is 1. The van der Waals surface area contributed by atoms with Crippen molar-refractivity contribution in [2.45, 2.75) is 26.3 Å². The van der Waals surface area contributed by atoms with Crippen LogP contribution in [-0.2, 0) is 0 Å². The Hall–Kier alpha value is -3.50. The summed E-state index contributed by atoms with van der Waals surface area (Å²) in [5.41, 5.74) is 6.85. The molecule has 0 bridgehead atoms. The first-order valence-corrected chi connectivity index (χ1v) is 13.3. The first-order chi connectivity index (χ1) is 17.5. The van der Waals surface area contributed by atoms with Crippen molar-refractivity contribution in [1.29, 1.82) is 0 Å². The molecule has 2 aliphatic rings. The number of carbonyl (C=O) groups is 1. The Morgan fingerprint density at radius 1 is 1.06 bits per heavy atom. The molecule has 0 atom stereocenters.